The Morgan fingerprint density at radius 1 is 1.12 bits per heavy atom. The van der Waals surface area contributed by atoms with Gasteiger partial charge in [0.15, 0.2) is 0 Å². The second kappa shape index (κ2) is 7.46. The Hall–Kier alpha value is -3.08. The van der Waals surface area contributed by atoms with E-state index in [1.807, 2.05) is 60.8 Å². The zero-order valence-electron chi connectivity index (χ0n) is 13.1. The van der Waals surface area contributed by atoms with Gasteiger partial charge in [0.05, 0.1) is 0 Å². The number of para-hydroxylation sites is 1. The summed E-state index contributed by atoms with van der Waals surface area (Å²) >= 11 is 0. The summed E-state index contributed by atoms with van der Waals surface area (Å²) in [4.78, 5) is 26.3. The number of carbonyl (C=O) groups is 2. The number of hydrogen-bond donors (Lipinski definition) is 2. The average molecular weight is 322 g/mol. The molecular formula is C19H18N2O3. The molecule has 3 rings (SSSR count). The van der Waals surface area contributed by atoms with E-state index in [0.29, 0.717) is 12.8 Å². The minimum absolute atomic E-state index is 0.185. The number of rotatable bonds is 7. The van der Waals surface area contributed by atoms with Crippen molar-refractivity contribution >= 4 is 23.3 Å². The van der Waals surface area contributed by atoms with Crippen molar-refractivity contribution in [2.24, 2.45) is 0 Å². The van der Waals surface area contributed by atoms with Crippen molar-refractivity contribution in [2.75, 3.05) is 0 Å². The highest BCUT2D eigenvalue weighted by Crippen LogP contribution is 2.19. The number of nitrogens with one attached hydrogen (secondary N) is 2. The number of ether oxygens (including phenoxy) is 1. The van der Waals surface area contributed by atoms with Crippen LogP contribution in [0.4, 0.5) is 0 Å². The van der Waals surface area contributed by atoms with Gasteiger partial charge in [-0.15, -0.1) is 0 Å². The van der Waals surface area contributed by atoms with Gasteiger partial charge in [0.1, 0.15) is 12.6 Å². The van der Waals surface area contributed by atoms with Crippen molar-refractivity contribution in [2.45, 2.75) is 19.1 Å². The molecule has 2 aromatic carbocycles. The molecule has 1 atom stereocenters. The number of carbonyl (C=O) groups excluding carboxylic acids is 2. The second-order valence-electron chi connectivity index (χ2n) is 5.49. The third kappa shape index (κ3) is 3.63. The predicted molar refractivity (Wildman–Crippen MR) is 91.2 cm³/mol. The van der Waals surface area contributed by atoms with E-state index in [2.05, 4.69) is 10.3 Å². The third-order valence-electron chi connectivity index (χ3n) is 3.88. The molecule has 0 aliphatic carbocycles. The smallest absolute Gasteiger partial charge is 0.329 e. The molecule has 0 bridgehead atoms. The number of aromatic nitrogens is 1. The van der Waals surface area contributed by atoms with Crippen molar-refractivity contribution in [3.05, 3.63) is 71.9 Å². The molecule has 1 amide bonds. The Bertz CT molecular complexity index is 827. The molecular weight excluding hydrogens is 304 g/mol. The molecule has 0 unspecified atom stereocenters. The molecule has 24 heavy (non-hydrogen) atoms. The van der Waals surface area contributed by atoms with Crippen LogP contribution in [0.3, 0.4) is 0 Å². The summed E-state index contributed by atoms with van der Waals surface area (Å²) in [5.41, 5.74) is 2.86. The van der Waals surface area contributed by atoms with E-state index in [9.17, 15) is 9.59 Å². The minimum Gasteiger partial charge on any atom is -0.459 e. The van der Waals surface area contributed by atoms with E-state index in [4.69, 9.17) is 4.74 Å². The monoisotopic (exact) mass is 322 g/mol. The highest BCUT2D eigenvalue weighted by molar-refractivity contribution is 5.85. The van der Waals surface area contributed by atoms with Crippen LogP contribution in [0.1, 0.15) is 11.1 Å². The summed E-state index contributed by atoms with van der Waals surface area (Å²) in [5.74, 6) is -0.448. The van der Waals surface area contributed by atoms with Gasteiger partial charge >= 0.3 is 5.97 Å². The first-order chi connectivity index (χ1) is 11.8. The number of aromatic amines is 1. The molecule has 0 aliphatic rings. The first-order valence-electron chi connectivity index (χ1n) is 7.73. The molecule has 5 heteroatoms. The van der Waals surface area contributed by atoms with Gasteiger partial charge in [-0.2, -0.15) is 0 Å². The van der Waals surface area contributed by atoms with E-state index >= 15 is 0 Å². The summed E-state index contributed by atoms with van der Waals surface area (Å²) in [7, 11) is 0. The molecule has 0 saturated carbocycles. The quantitative estimate of drug-likeness (QED) is 0.519. The minimum atomic E-state index is -0.717. The highest BCUT2D eigenvalue weighted by atomic mass is 16.5. The van der Waals surface area contributed by atoms with Crippen LogP contribution in [-0.4, -0.2) is 23.4 Å². The van der Waals surface area contributed by atoms with Gasteiger partial charge in [-0.3, -0.25) is 4.79 Å². The molecule has 0 saturated heterocycles. The van der Waals surface area contributed by atoms with Crippen molar-refractivity contribution in [3.8, 4) is 0 Å². The largest absolute Gasteiger partial charge is 0.459 e. The van der Waals surface area contributed by atoms with Crippen LogP contribution >= 0.6 is 0 Å². The zero-order chi connectivity index (χ0) is 16.8. The number of esters is 1. The number of amides is 1. The molecule has 2 N–H and O–H groups in total. The lowest BCUT2D eigenvalue weighted by atomic mass is 10.1. The van der Waals surface area contributed by atoms with Crippen LogP contribution in [0.15, 0.2) is 60.8 Å². The van der Waals surface area contributed by atoms with Crippen molar-refractivity contribution in [1.29, 1.82) is 0 Å². The number of benzene rings is 2. The standard InChI is InChI=1S/C19H18N2O3/c22-13-21-18(19(23)24-12-14-6-2-1-3-7-14)10-15-11-20-17-9-5-4-8-16(15)17/h1-9,11,13,18,20H,10,12H2,(H,21,22)/t18-/m0/s1. The van der Waals surface area contributed by atoms with Gasteiger partial charge in [0.2, 0.25) is 6.41 Å². The lowest BCUT2D eigenvalue weighted by Gasteiger charge is -2.15. The summed E-state index contributed by atoms with van der Waals surface area (Å²) in [6, 6.07) is 16.6. The summed E-state index contributed by atoms with van der Waals surface area (Å²) in [6.45, 7) is 0.185. The summed E-state index contributed by atoms with van der Waals surface area (Å²) in [6.07, 6.45) is 2.76. The lowest BCUT2D eigenvalue weighted by Crippen LogP contribution is -2.39. The van der Waals surface area contributed by atoms with Gasteiger partial charge in [-0.25, -0.2) is 4.79 Å². The lowest BCUT2D eigenvalue weighted by molar-refractivity contribution is -0.148. The molecule has 1 heterocycles. The Labute approximate surface area is 139 Å². The van der Waals surface area contributed by atoms with E-state index in [0.717, 1.165) is 22.0 Å². The number of H-pyrrole nitrogens is 1. The Morgan fingerprint density at radius 3 is 2.67 bits per heavy atom. The molecule has 0 aliphatic heterocycles. The fourth-order valence-corrected chi connectivity index (χ4v) is 2.64. The Kier molecular flexibility index (Phi) is 4.91. The van der Waals surface area contributed by atoms with E-state index in [1.54, 1.807) is 0 Å². The molecule has 5 nitrogen and oxygen atoms in total. The molecule has 1 aromatic heterocycles. The molecule has 0 spiro atoms. The van der Waals surface area contributed by atoms with Crippen molar-refractivity contribution in [1.82, 2.24) is 10.3 Å². The van der Waals surface area contributed by atoms with E-state index in [1.165, 1.54) is 0 Å². The Morgan fingerprint density at radius 2 is 1.88 bits per heavy atom. The van der Waals surface area contributed by atoms with E-state index in [-0.39, 0.29) is 6.61 Å². The van der Waals surface area contributed by atoms with Gasteiger partial charge in [0.25, 0.3) is 0 Å². The first-order valence-corrected chi connectivity index (χ1v) is 7.73. The highest BCUT2D eigenvalue weighted by Gasteiger charge is 2.21. The van der Waals surface area contributed by atoms with Crippen LogP contribution in [-0.2, 0) is 27.4 Å². The van der Waals surface area contributed by atoms with Crippen LogP contribution in [0.2, 0.25) is 0 Å². The van der Waals surface area contributed by atoms with Crippen molar-refractivity contribution < 1.29 is 14.3 Å². The molecule has 122 valence electrons. The SMILES string of the molecule is O=CN[C@@H](Cc1c[nH]c2ccccc12)C(=O)OCc1ccccc1. The Balaban J connectivity index is 1.69. The zero-order valence-corrected chi connectivity index (χ0v) is 13.1. The van der Waals surface area contributed by atoms with Gasteiger partial charge < -0.3 is 15.0 Å². The summed E-state index contributed by atoms with van der Waals surface area (Å²) < 4.78 is 5.33. The number of hydrogen-bond acceptors (Lipinski definition) is 3. The predicted octanol–water partition coefficient (Wildman–Crippen LogP) is 2.57. The molecule has 3 aromatic rings. The van der Waals surface area contributed by atoms with Crippen LogP contribution in [0, 0.1) is 0 Å². The normalized spacial score (nSPS) is 11.8. The van der Waals surface area contributed by atoms with Crippen molar-refractivity contribution in [3.63, 3.8) is 0 Å². The maximum atomic E-state index is 12.3. The van der Waals surface area contributed by atoms with Crippen LogP contribution < -0.4 is 5.32 Å². The maximum Gasteiger partial charge on any atom is 0.329 e. The van der Waals surface area contributed by atoms with Crippen LogP contribution in [0.25, 0.3) is 10.9 Å². The topological polar surface area (TPSA) is 71.2 Å². The first kappa shape index (κ1) is 15.8. The summed E-state index contributed by atoms with van der Waals surface area (Å²) in [5, 5.41) is 3.59. The van der Waals surface area contributed by atoms with Gasteiger partial charge in [-0.05, 0) is 17.2 Å². The van der Waals surface area contributed by atoms with Gasteiger partial charge in [0, 0.05) is 23.5 Å². The fourth-order valence-electron chi connectivity index (χ4n) is 2.64. The second-order valence-corrected chi connectivity index (χ2v) is 5.49. The number of fused-ring (bicyclic) bond motifs is 1. The molecule has 0 radical (unpaired) electrons. The molecule has 0 fully saturated rings. The third-order valence-corrected chi connectivity index (χ3v) is 3.88. The van der Waals surface area contributed by atoms with Crippen LogP contribution in [0.5, 0.6) is 0 Å². The maximum absolute atomic E-state index is 12.3. The average Bonchev–Trinajstić information content (AvgIpc) is 3.03. The van der Waals surface area contributed by atoms with Gasteiger partial charge in [-0.1, -0.05) is 48.5 Å². The van der Waals surface area contributed by atoms with E-state index < -0.39 is 12.0 Å². The fraction of sp³-hybridized carbons (Fsp3) is 0.158.